The largest absolute Gasteiger partial charge is 0.444 e. The van der Waals surface area contributed by atoms with Crippen molar-refractivity contribution in [1.82, 2.24) is 10.2 Å². The van der Waals surface area contributed by atoms with Gasteiger partial charge in [0.2, 0.25) is 0 Å². The number of hydrogen-bond donors (Lipinski definition) is 1. The van der Waals surface area contributed by atoms with Crippen LogP contribution in [-0.4, -0.2) is 36.7 Å². The molecule has 0 aliphatic carbocycles. The van der Waals surface area contributed by atoms with Crippen LogP contribution in [-0.2, 0) is 10.3 Å². The number of nitrogens with zero attached hydrogens (tertiary/aromatic N) is 1. The highest BCUT2D eigenvalue weighted by molar-refractivity contribution is 5.67. The van der Waals surface area contributed by atoms with Crippen LogP contribution in [0.5, 0.6) is 0 Å². The van der Waals surface area contributed by atoms with Gasteiger partial charge in [0.15, 0.2) is 0 Å². The lowest BCUT2D eigenvalue weighted by molar-refractivity contribution is 0.0297. The second-order valence-electron chi connectivity index (χ2n) is 6.82. The quantitative estimate of drug-likeness (QED) is 0.904. The second kappa shape index (κ2) is 6.94. The van der Waals surface area contributed by atoms with E-state index < -0.39 is 5.60 Å². The lowest BCUT2D eigenvalue weighted by Crippen LogP contribution is -2.43. The maximum atomic E-state index is 11.9. The van der Waals surface area contributed by atoms with E-state index in [4.69, 9.17) is 4.74 Å². The number of rotatable bonds is 5. The van der Waals surface area contributed by atoms with Gasteiger partial charge in [0.25, 0.3) is 0 Å². The van der Waals surface area contributed by atoms with Gasteiger partial charge in [-0.1, -0.05) is 30.3 Å². The number of nitrogens with one attached hydrogen (secondary N) is 1. The van der Waals surface area contributed by atoms with Crippen LogP contribution in [0.2, 0.25) is 0 Å². The molecule has 0 spiro atoms. The summed E-state index contributed by atoms with van der Waals surface area (Å²) < 4.78 is 5.33. The van der Waals surface area contributed by atoms with Crippen LogP contribution < -0.4 is 5.32 Å². The van der Waals surface area contributed by atoms with E-state index in [1.807, 2.05) is 39.0 Å². The standard InChI is InChI=1S/C17H28N2O2/c1-16(2,3)21-15(20)19(6)13-12-18-17(4,5)14-10-8-7-9-11-14/h7-11,18H,12-13H2,1-6H3. The van der Waals surface area contributed by atoms with Crippen LogP contribution in [0.3, 0.4) is 0 Å². The maximum Gasteiger partial charge on any atom is 0.410 e. The molecule has 0 atom stereocenters. The van der Waals surface area contributed by atoms with Gasteiger partial charge in [0, 0.05) is 25.7 Å². The molecule has 1 aromatic carbocycles. The van der Waals surface area contributed by atoms with E-state index in [2.05, 4.69) is 31.3 Å². The molecular formula is C17H28N2O2. The molecule has 21 heavy (non-hydrogen) atoms. The van der Waals surface area contributed by atoms with Crippen molar-refractivity contribution in [2.75, 3.05) is 20.1 Å². The van der Waals surface area contributed by atoms with E-state index in [1.165, 1.54) is 5.56 Å². The van der Waals surface area contributed by atoms with Gasteiger partial charge in [-0.25, -0.2) is 4.79 Å². The Morgan fingerprint density at radius 3 is 2.24 bits per heavy atom. The zero-order valence-electron chi connectivity index (χ0n) is 14.1. The number of hydrogen-bond acceptors (Lipinski definition) is 3. The Balaban J connectivity index is 2.44. The van der Waals surface area contributed by atoms with Gasteiger partial charge < -0.3 is 15.0 Å². The van der Waals surface area contributed by atoms with Crippen LogP contribution in [0.25, 0.3) is 0 Å². The van der Waals surface area contributed by atoms with Crippen molar-refractivity contribution in [2.45, 2.75) is 45.8 Å². The summed E-state index contributed by atoms with van der Waals surface area (Å²) in [6.45, 7) is 11.2. The summed E-state index contributed by atoms with van der Waals surface area (Å²) in [7, 11) is 1.76. The Labute approximate surface area is 128 Å². The first-order valence-corrected chi connectivity index (χ1v) is 7.36. The van der Waals surface area contributed by atoms with Crippen molar-refractivity contribution < 1.29 is 9.53 Å². The molecule has 1 amide bonds. The van der Waals surface area contributed by atoms with Crippen LogP contribution >= 0.6 is 0 Å². The summed E-state index contributed by atoms with van der Waals surface area (Å²) in [4.78, 5) is 13.5. The van der Waals surface area contributed by atoms with Crippen molar-refractivity contribution in [2.24, 2.45) is 0 Å². The molecule has 1 N–H and O–H groups in total. The van der Waals surface area contributed by atoms with E-state index in [-0.39, 0.29) is 11.6 Å². The molecule has 0 fully saturated rings. The molecule has 0 aromatic heterocycles. The zero-order chi connectivity index (χ0) is 16.1. The lowest BCUT2D eigenvalue weighted by Gasteiger charge is -2.29. The third-order valence-electron chi connectivity index (χ3n) is 3.21. The first kappa shape index (κ1) is 17.5. The van der Waals surface area contributed by atoms with Crippen molar-refractivity contribution in [3.05, 3.63) is 35.9 Å². The Morgan fingerprint density at radius 1 is 1.14 bits per heavy atom. The average Bonchev–Trinajstić information content (AvgIpc) is 2.37. The molecule has 0 aliphatic rings. The maximum absolute atomic E-state index is 11.9. The van der Waals surface area contributed by atoms with Crippen molar-refractivity contribution >= 4 is 6.09 Å². The molecule has 0 saturated heterocycles. The fraction of sp³-hybridized carbons (Fsp3) is 0.588. The molecule has 4 heteroatoms. The minimum Gasteiger partial charge on any atom is -0.444 e. The van der Waals surface area contributed by atoms with Crippen LogP contribution in [0.15, 0.2) is 30.3 Å². The van der Waals surface area contributed by atoms with Crippen molar-refractivity contribution in [1.29, 1.82) is 0 Å². The Kier molecular flexibility index (Phi) is 5.78. The molecule has 0 radical (unpaired) electrons. The highest BCUT2D eigenvalue weighted by Crippen LogP contribution is 2.18. The smallest absolute Gasteiger partial charge is 0.410 e. The fourth-order valence-electron chi connectivity index (χ4n) is 1.92. The SMILES string of the molecule is CN(CCNC(C)(C)c1ccccc1)C(=O)OC(C)(C)C. The van der Waals surface area contributed by atoms with E-state index in [0.29, 0.717) is 13.1 Å². The van der Waals surface area contributed by atoms with Crippen molar-refractivity contribution in [3.8, 4) is 0 Å². The van der Waals surface area contributed by atoms with Gasteiger partial charge in [0.1, 0.15) is 5.60 Å². The number of carbonyl (C=O) groups excluding carboxylic acids is 1. The number of amides is 1. The highest BCUT2D eigenvalue weighted by Gasteiger charge is 2.21. The molecule has 0 bridgehead atoms. The van der Waals surface area contributed by atoms with E-state index >= 15 is 0 Å². The first-order valence-electron chi connectivity index (χ1n) is 7.36. The monoisotopic (exact) mass is 292 g/mol. The molecule has 4 nitrogen and oxygen atoms in total. The van der Waals surface area contributed by atoms with Crippen LogP contribution in [0.4, 0.5) is 4.79 Å². The van der Waals surface area contributed by atoms with E-state index in [1.54, 1.807) is 11.9 Å². The summed E-state index contributed by atoms with van der Waals surface area (Å²) in [5.41, 5.74) is 0.642. The van der Waals surface area contributed by atoms with Gasteiger partial charge in [-0.15, -0.1) is 0 Å². The molecule has 0 heterocycles. The number of likely N-dealkylation sites (N-methyl/N-ethyl adjacent to an activating group) is 1. The van der Waals surface area contributed by atoms with Gasteiger partial charge in [-0.3, -0.25) is 0 Å². The number of ether oxygens (including phenoxy) is 1. The zero-order valence-corrected chi connectivity index (χ0v) is 14.1. The van der Waals surface area contributed by atoms with Gasteiger partial charge >= 0.3 is 6.09 Å². The minimum absolute atomic E-state index is 0.129. The topological polar surface area (TPSA) is 41.6 Å². The van der Waals surface area contributed by atoms with Gasteiger partial charge in [-0.05, 0) is 40.2 Å². The molecule has 118 valence electrons. The normalized spacial score (nSPS) is 12.1. The molecule has 1 rings (SSSR count). The third kappa shape index (κ3) is 6.17. The fourth-order valence-corrected chi connectivity index (χ4v) is 1.92. The summed E-state index contributed by atoms with van der Waals surface area (Å²) in [6, 6.07) is 10.3. The van der Waals surface area contributed by atoms with E-state index in [9.17, 15) is 4.79 Å². The van der Waals surface area contributed by atoms with E-state index in [0.717, 1.165) is 0 Å². The van der Waals surface area contributed by atoms with Gasteiger partial charge in [-0.2, -0.15) is 0 Å². The molecule has 0 saturated carbocycles. The summed E-state index contributed by atoms with van der Waals surface area (Å²) in [5.74, 6) is 0. The van der Waals surface area contributed by atoms with Crippen molar-refractivity contribution in [3.63, 3.8) is 0 Å². The minimum atomic E-state index is -0.456. The summed E-state index contributed by atoms with van der Waals surface area (Å²) in [5, 5.41) is 3.47. The summed E-state index contributed by atoms with van der Waals surface area (Å²) in [6.07, 6.45) is -0.290. The predicted octanol–water partition coefficient (Wildman–Crippen LogP) is 3.38. The Morgan fingerprint density at radius 2 is 1.71 bits per heavy atom. The van der Waals surface area contributed by atoms with Crippen LogP contribution in [0.1, 0.15) is 40.2 Å². The highest BCUT2D eigenvalue weighted by atomic mass is 16.6. The Hall–Kier alpha value is -1.55. The Bertz CT molecular complexity index is 450. The third-order valence-corrected chi connectivity index (χ3v) is 3.21. The first-order chi connectivity index (χ1) is 9.62. The molecule has 1 aromatic rings. The van der Waals surface area contributed by atoms with Gasteiger partial charge in [0.05, 0.1) is 0 Å². The predicted molar refractivity (Wildman–Crippen MR) is 86.3 cm³/mol. The second-order valence-corrected chi connectivity index (χ2v) is 6.82. The number of benzene rings is 1. The summed E-state index contributed by atoms with van der Waals surface area (Å²) >= 11 is 0. The average molecular weight is 292 g/mol. The van der Waals surface area contributed by atoms with Crippen LogP contribution in [0, 0.1) is 0 Å². The molecule has 0 unspecified atom stereocenters. The molecule has 0 aliphatic heterocycles. The lowest BCUT2D eigenvalue weighted by atomic mass is 9.94. The number of carbonyl (C=O) groups is 1. The molecular weight excluding hydrogens is 264 g/mol.